The van der Waals surface area contributed by atoms with Crippen molar-refractivity contribution in [3.63, 3.8) is 0 Å². The molecule has 1 fully saturated rings. The number of nitrogens with one attached hydrogen (secondary N) is 1. The summed E-state index contributed by atoms with van der Waals surface area (Å²) in [6, 6.07) is 4.05. The first kappa shape index (κ1) is 9.93. The zero-order valence-electron chi connectivity index (χ0n) is 8.78. The van der Waals surface area contributed by atoms with E-state index < -0.39 is 0 Å². The summed E-state index contributed by atoms with van der Waals surface area (Å²) in [6.07, 6.45) is 4.24. The molecule has 0 spiro atoms. The number of anilines is 1. The number of rotatable bonds is 1. The van der Waals surface area contributed by atoms with Crippen molar-refractivity contribution in [2.24, 2.45) is 0 Å². The molecule has 2 aromatic heterocycles. The van der Waals surface area contributed by atoms with Gasteiger partial charge in [-0.1, -0.05) is 11.6 Å². The number of fused-ring (bicyclic) bond motifs is 1. The average Bonchev–Trinajstić information content (AvgIpc) is 2.86. The lowest BCUT2D eigenvalue weighted by molar-refractivity contribution is 0.603. The fourth-order valence-electron chi connectivity index (χ4n) is 2.29. The Morgan fingerprint density at radius 1 is 1.56 bits per heavy atom. The number of nitrogens with zero attached hydrogens (tertiary/aromatic N) is 2. The lowest BCUT2D eigenvalue weighted by Crippen LogP contribution is -2.15. The highest BCUT2D eigenvalue weighted by molar-refractivity contribution is 6.33. The van der Waals surface area contributed by atoms with Gasteiger partial charge in [0, 0.05) is 6.20 Å². The van der Waals surface area contributed by atoms with Crippen LogP contribution < -0.4 is 11.1 Å². The van der Waals surface area contributed by atoms with E-state index in [0.29, 0.717) is 16.9 Å². The van der Waals surface area contributed by atoms with Gasteiger partial charge in [-0.05, 0) is 31.5 Å². The number of halogens is 1. The van der Waals surface area contributed by atoms with Gasteiger partial charge in [-0.15, -0.1) is 0 Å². The fraction of sp³-hybridized carbons (Fsp3) is 0.364. The number of pyridine rings is 1. The minimum Gasteiger partial charge on any atom is -0.397 e. The third kappa shape index (κ3) is 1.37. The number of aromatic nitrogens is 2. The molecule has 1 saturated heterocycles. The highest BCUT2D eigenvalue weighted by Gasteiger charge is 2.22. The molecule has 0 radical (unpaired) electrons. The highest BCUT2D eigenvalue weighted by Crippen LogP contribution is 2.29. The van der Waals surface area contributed by atoms with Gasteiger partial charge in [-0.25, -0.2) is 4.98 Å². The molecule has 1 aliphatic rings. The maximum atomic E-state index is 6.12. The monoisotopic (exact) mass is 236 g/mol. The zero-order valence-corrected chi connectivity index (χ0v) is 9.54. The Kier molecular flexibility index (Phi) is 2.26. The first-order valence-electron chi connectivity index (χ1n) is 5.42. The van der Waals surface area contributed by atoms with Gasteiger partial charge in [0.25, 0.3) is 0 Å². The first-order valence-corrected chi connectivity index (χ1v) is 5.80. The molecule has 0 saturated carbocycles. The van der Waals surface area contributed by atoms with E-state index in [4.69, 9.17) is 17.3 Å². The third-order valence-electron chi connectivity index (χ3n) is 3.05. The van der Waals surface area contributed by atoms with E-state index >= 15 is 0 Å². The summed E-state index contributed by atoms with van der Waals surface area (Å²) in [5, 5.41) is 3.90. The summed E-state index contributed by atoms with van der Waals surface area (Å²) in [6.45, 7) is 1.04. The van der Waals surface area contributed by atoms with Gasteiger partial charge < -0.3 is 11.1 Å². The van der Waals surface area contributed by atoms with Crippen LogP contribution in [0.4, 0.5) is 5.69 Å². The number of imidazole rings is 1. The van der Waals surface area contributed by atoms with Crippen LogP contribution in [0, 0.1) is 0 Å². The summed E-state index contributed by atoms with van der Waals surface area (Å²) in [5.74, 6) is 0.963. The Labute approximate surface area is 98.4 Å². The van der Waals surface area contributed by atoms with Crippen molar-refractivity contribution in [1.29, 1.82) is 0 Å². The quantitative estimate of drug-likeness (QED) is 0.796. The largest absolute Gasteiger partial charge is 0.397 e. The summed E-state index contributed by atoms with van der Waals surface area (Å²) < 4.78 is 1.99. The Bertz CT molecular complexity index is 528. The Hall–Kier alpha value is -1.26. The van der Waals surface area contributed by atoms with E-state index in [1.807, 2.05) is 22.7 Å². The van der Waals surface area contributed by atoms with Crippen LogP contribution in [-0.2, 0) is 0 Å². The van der Waals surface area contributed by atoms with E-state index in [2.05, 4.69) is 10.3 Å². The topological polar surface area (TPSA) is 55.4 Å². The third-order valence-corrected chi connectivity index (χ3v) is 3.32. The SMILES string of the molecule is Nc1cccn2c(C3CCCN3)nc(Cl)c12. The molecule has 16 heavy (non-hydrogen) atoms. The summed E-state index contributed by atoms with van der Waals surface area (Å²) in [5.41, 5.74) is 7.39. The van der Waals surface area contributed by atoms with Crippen molar-refractivity contribution in [3.8, 4) is 0 Å². The number of hydrogen-bond donors (Lipinski definition) is 2. The molecule has 0 aliphatic carbocycles. The van der Waals surface area contributed by atoms with Gasteiger partial charge >= 0.3 is 0 Å². The van der Waals surface area contributed by atoms with Crippen molar-refractivity contribution in [2.45, 2.75) is 18.9 Å². The second-order valence-corrected chi connectivity index (χ2v) is 4.45. The molecular weight excluding hydrogens is 224 g/mol. The Morgan fingerprint density at radius 3 is 3.19 bits per heavy atom. The van der Waals surface area contributed by atoms with Crippen molar-refractivity contribution in [1.82, 2.24) is 14.7 Å². The van der Waals surface area contributed by atoms with Crippen LogP contribution in [0.15, 0.2) is 18.3 Å². The predicted molar refractivity (Wildman–Crippen MR) is 64.6 cm³/mol. The van der Waals surface area contributed by atoms with Gasteiger partial charge in [-0.2, -0.15) is 0 Å². The Morgan fingerprint density at radius 2 is 2.44 bits per heavy atom. The van der Waals surface area contributed by atoms with E-state index in [0.717, 1.165) is 24.3 Å². The van der Waals surface area contributed by atoms with E-state index in [1.54, 1.807) is 0 Å². The van der Waals surface area contributed by atoms with Crippen LogP contribution in [0.25, 0.3) is 5.52 Å². The van der Waals surface area contributed by atoms with Crippen LogP contribution >= 0.6 is 11.6 Å². The minimum atomic E-state index is 0.293. The van der Waals surface area contributed by atoms with Crippen molar-refractivity contribution in [2.75, 3.05) is 12.3 Å². The molecular formula is C11H13ClN4. The maximum Gasteiger partial charge on any atom is 0.157 e. The average molecular weight is 237 g/mol. The normalized spacial score (nSPS) is 20.7. The van der Waals surface area contributed by atoms with Gasteiger partial charge in [0.05, 0.1) is 11.7 Å². The molecule has 1 unspecified atom stereocenters. The van der Waals surface area contributed by atoms with Crippen molar-refractivity contribution >= 4 is 22.8 Å². The van der Waals surface area contributed by atoms with Crippen molar-refractivity contribution < 1.29 is 0 Å². The molecule has 84 valence electrons. The van der Waals surface area contributed by atoms with Crippen LogP contribution in [0.2, 0.25) is 5.15 Å². The molecule has 2 aromatic rings. The van der Waals surface area contributed by atoms with Gasteiger partial charge in [0.15, 0.2) is 5.15 Å². The molecule has 3 rings (SSSR count). The standard InChI is InChI=1S/C11H13ClN4/c12-10-9-7(13)3-2-6-16(9)11(15-10)8-4-1-5-14-8/h2-3,6,8,14H,1,4-5,13H2. The molecule has 4 nitrogen and oxygen atoms in total. The second-order valence-electron chi connectivity index (χ2n) is 4.09. The minimum absolute atomic E-state index is 0.293. The maximum absolute atomic E-state index is 6.12. The number of nitrogens with two attached hydrogens (primary N) is 1. The lowest BCUT2D eigenvalue weighted by atomic mass is 10.2. The van der Waals surface area contributed by atoms with Crippen LogP contribution in [0.5, 0.6) is 0 Å². The smallest absolute Gasteiger partial charge is 0.157 e. The molecule has 1 atom stereocenters. The molecule has 0 amide bonds. The summed E-state index contributed by atoms with van der Waals surface area (Å²) >= 11 is 6.12. The molecule has 3 N–H and O–H groups in total. The van der Waals surface area contributed by atoms with Gasteiger partial charge in [0.1, 0.15) is 11.3 Å². The van der Waals surface area contributed by atoms with Crippen LogP contribution in [-0.4, -0.2) is 15.9 Å². The van der Waals surface area contributed by atoms with E-state index in [9.17, 15) is 0 Å². The van der Waals surface area contributed by atoms with E-state index in [-0.39, 0.29) is 0 Å². The van der Waals surface area contributed by atoms with Crippen LogP contribution in [0.1, 0.15) is 24.7 Å². The number of nitrogen functional groups attached to an aromatic ring is 1. The zero-order chi connectivity index (χ0) is 11.1. The Balaban J connectivity index is 2.22. The lowest BCUT2D eigenvalue weighted by Gasteiger charge is -2.08. The number of hydrogen-bond acceptors (Lipinski definition) is 3. The molecule has 0 bridgehead atoms. The highest BCUT2D eigenvalue weighted by atomic mass is 35.5. The van der Waals surface area contributed by atoms with Crippen LogP contribution in [0.3, 0.4) is 0 Å². The molecule has 5 heteroatoms. The van der Waals surface area contributed by atoms with Crippen molar-refractivity contribution in [3.05, 3.63) is 29.3 Å². The fourth-order valence-corrected chi connectivity index (χ4v) is 2.58. The second kappa shape index (κ2) is 3.64. The van der Waals surface area contributed by atoms with E-state index in [1.165, 1.54) is 6.42 Å². The van der Waals surface area contributed by atoms with Gasteiger partial charge in [-0.3, -0.25) is 4.40 Å². The van der Waals surface area contributed by atoms with Gasteiger partial charge in [0.2, 0.25) is 0 Å². The molecule has 3 heterocycles. The first-order chi connectivity index (χ1) is 7.77. The molecule has 0 aromatic carbocycles. The molecule has 1 aliphatic heterocycles. The predicted octanol–water partition coefficient (Wildman–Crippen LogP) is 1.99. The summed E-state index contributed by atoms with van der Waals surface area (Å²) in [4.78, 5) is 4.42. The summed E-state index contributed by atoms with van der Waals surface area (Å²) in [7, 11) is 0.